The molecule has 1 amide bonds. The van der Waals surface area contributed by atoms with Gasteiger partial charge in [0.2, 0.25) is 11.8 Å². The summed E-state index contributed by atoms with van der Waals surface area (Å²) in [5.41, 5.74) is 1.67. The van der Waals surface area contributed by atoms with Gasteiger partial charge in [0.05, 0.1) is 36.8 Å². The smallest absolute Gasteiger partial charge is 0.321 e. The summed E-state index contributed by atoms with van der Waals surface area (Å²) in [6.45, 7) is 3.90. The molecular weight excluding hydrogens is 498 g/mol. The molecule has 1 aliphatic heterocycles. The van der Waals surface area contributed by atoms with Gasteiger partial charge >= 0.3 is 6.01 Å². The molecule has 12 nitrogen and oxygen atoms in total. The number of methoxy groups -OCH3 is 1. The Bertz CT molecular complexity index is 1390. The van der Waals surface area contributed by atoms with E-state index in [0.717, 1.165) is 55.4 Å². The number of amides is 1. The molecule has 6 rings (SSSR count). The molecule has 0 spiro atoms. The number of nitriles is 1. The molecule has 0 radical (unpaired) electrons. The third-order valence-corrected chi connectivity index (χ3v) is 8.30. The Labute approximate surface area is 226 Å². The molecular formula is C27H33N9O3. The number of hydrogen-bond acceptors (Lipinski definition) is 10. The van der Waals surface area contributed by atoms with E-state index in [1.165, 1.54) is 0 Å². The quantitative estimate of drug-likeness (QED) is 0.421. The normalized spacial score (nSPS) is 24.6. The van der Waals surface area contributed by atoms with Crippen LogP contribution in [0.3, 0.4) is 0 Å². The van der Waals surface area contributed by atoms with E-state index >= 15 is 0 Å². The Hall–Kier alpha value is -4.01. The Balaban J connectivity index is 1.17. The number of rotatable bonds is 9. The van der Waals surface area contributed by atoms with Crippen molar-refractivity contribution in [2.24, 2.45) is 17.8 Å². The second-order valence-corrected chi connectivity index (χ2v) is 10.8. The molecule has 3 aromatic rings. The molecule has 204 valence electrons. The lowest BCUT2D eigenvalue weighted by atomic mass is 9.79. The predicted molar refractivity (Wildman–Crippen MR) is 141 cm³/mol. The average molecular weight is 532 g/mol. The number of piperidine rings is 1. The minimum atomic E-state index is -0.304. The van der Waals surface area contributed by atoms with E-state index in [4.69, 9.17) is 14.7 Å². The van der Waals surface area contributed by atoms with Crippen molar-refractivity contribution in [1.29, 1.82) is 5.26 Å². The highest BCUT2D eigenvalue weighted by molar-refractivity contribution is 5.91. The third kappa shape index (κ3) is 5.17. The van der Waals surface area contributed by atoms with Gasteiger partial charge in [-0.05, 0) is 44.1 Å². The maximum absolute atomic E-state index is 13.1. The van der Waals surface area contributed by atoms with Crippen molar-refractivity contribution < 1.29 is 14.3 Å². The molecule has 1 saturated heterocycles. The summed E-state index contributed by atoms with van der Waals surface area (Å²) in [7, 11) is 1.65. The number of H-pyrrole nitrogens is 1. The van der Waals surface area contributed by atoms with E-state index in [9.17, 15) is 4.79 Å². The highest BCUT2D eigenvalue weighted by Gasteiger charge is 2.38. The zero-order valence-corrected chi connectivity index (χ0v) is 22.3. The minimum Gasteiger partial charge on any atom is -0.496 e. The first-order chi connectivity index (χ1) is 19.1. The predicted octanol–water partition coefficient (Wildman–Crippen LogP) is 2.99. The lowest BCUT2D eigenvalue weighted by Crippen LogP contribution is -2.44. The molecule has 0 bridgehead atoms. The molecule has 39 heavy (non-hydrogen) atoms. The number of fused-ring (bicyclic) bond motifs is 1. The van der Waals surface area contributed by atoms with Crippen LogP contribution in [0.1, 0.15) is 67.7 Å². The number of nitrogens with zero attached hydrogens (tertiary/aromatic N) is 7. The van der Waals surface area contributed by atoms with Gasteiger partial charge in [-0.1, -0.05) is 13.3 Å². The van der Waals surface area contributed by atoms with Crippen LogP contribution in [0.15, 0.2) is 12.3 Å². The monoisotopic (exact) mass is 531 g/mol. The van der Waals surface area contributed by atoms with Crippen LogP contribution in [0.2, 0.25) is 0 Å². The van der Waals surface area contributed by atoms with Gasteiger partial charge in [-0.3, -0.25) is 9.89 Å². The number of carbonyl (C=O) groups excluding carboxylic acids is 1. The second-order valence-electron chi connectivity index (χ2n) is 10.8. The van der Waals surface area contributed by atoms with Crippen LogP contribution in [0.25, 0.3) is 11.0 Å². The van der Waals surface area contributed by atoms with Crippen molar-refractivity contribution in [2.45, 2.75) is 57.4 Å². The topological polar surface area (TPSA) is 155 Å². The number of pyridine rings is 1. The Morgan fingerprint density at radius 2 is 2.05 bits per heavy atom. The first-order valence-corrected chi connectivity index (χ1v) is 13.8. The highest BCUT2D eigenvalue weighted by atomic mass is 16.5. The van der Waals surface area contributed by atoms with Gasteiger partial charge in [0.1, 0.15) is 5.75 Å². The van der Waals surface area contributed by atoms with E-state index in [1.54, 1.807) is 13.3 Å². The van der Waals surface area contributed by atoms with E-state index in [2.05, 4.69) is 53.3 Å². The lowest BCUT2D eigenvalue weighted by Gasteiger charge is -2.35. The van der Waals surface area contributed by atoms with Gasteiger partial charge in [-0.25, -0.2) is 4.98 Å². The number of anilines is 1. The van der Waals surface area contributed by atoms with Gasteiger partial charge < -0.3 is 19.7 Å². The SMILES string of the molecule is CCC1CC(NC(=O)c2nc(OC[C@H]3C[C@H]3C#N)nc(N3CCC(c4n[nH]c5nccc(OC)c45)CC3)n2)C1. The summed E-state index contributed by atoms with van der Waals surface area (Å²) in [5.74, 6) is 2.04. The zero-order valence-electron chi connectivity index (χ0n) is 22.3. The van der Waals surface area contributed by atoms with Crippen molar-refractivity contribution in [3.8, 4) is 17.8 Å². The molecule has 3 aliphatic rings. The van der Waals surface area contributed by atoms with Crippen LogP contribution in [-0.4, -0.2) is 68.9 Å². The Kier molecular flexibility index (Phi) is 6.89. The zero-order chi connectivity index (χ0) is 26.9. The summed E-state index contributed by atoms with van der Waals surface area (Å²) in [5, 5.41) is 20.7. The fraction of sp³-hybridized carbons (Fsp3) is 0.593. The van der Waals surface area contributed by atoms with Crippen LogP contribution in [0.5, 0.6) is 11.8 Å². The number of nitrogens with one attached hydrogen (secondary N) is 2. The van der Waals surface area contributed by atoms with Crippen molar-refractivity contribution >= 4 is 22.9 Å². The standard InChI is InChI=1S/C27H33N9O3/c1-3-15-10-19(11-15)30-25(37)24-31-26(33-27(32-24)39-14-18-12-17(18)13-28)36-8-5-16(6-9-36)22-21-20(38-2)4-7-29-23(21)35-34-22/h4,7,15-19H,3,5-6,8-12,14H2,1-2H3,(H,30,37)(H,29,34,35)/t15?,17-,18+,19?/m0/s1. The van der Waals surface area contributed by atoms with Crippen LogP contribution >= 0.6 is 0 Å². The number of hydrogen-bond donors (Lipinski definition) is 2. The second kappa shape index (κ2) is 10.6. The summed E-state index contributed by atoms with van der Waals surface area (Å²) in [4.78, 5) is 33.0. The third-order valence-electron chi connectivity index (χ3n) is 8.30. The molecule has 12 heteroatoms. The van der Waals surface area contributed by atoms with E-state index in [1.807, 2.05) is 6.07 Å². The molecule has 3 aromatic heterocycles. The average Bonchev–Trinajstić information content (AvgIpc) is 3.59. The molecule has 3 fully saturated rings. The van der Waals surface area contributed by atoms with Crippen LogP contribution < -0.4 is 19.7 Å². The molecule has 0 aromatic carbocycles. The van der Waals surface area contributed by atoms with Crippen LogP contribution in [0, 0.1) is 29.1 Å². The summed E-state index contributed by atoms with van der Waals surface area (Å²) in [6, 6.07) is 4.40. The van der Waals surface area contributed by atoms with Crippen molar-refractivity contribution in [2.75, 3.05) is 31.7 Å². The Morgan fingerprint density at radius 1 is 1.23 bits per heavy atom. The summed E-state index contributed by atoms with van der Waals surface area (Å²) >= 11 is 0. The molecule has 0 unspecified atom stereocenters. The van der Waals surface area contributed by atoms with E-state index in [0.29, 0.717) is 37.2 Å². The lowest BCUT2D eigenvalue weighted by molar-refractivity contribution is 0.0875. The van der Waals surface area contributed by atoms with Gasteiger partial charge in [0.25, 0.3) is 5.91 Å². The van der Waals surface area contributed by atoms with Crippen LogP contribution in [0.4, 0.5) is 5.95 Å². The number of carbonyl (C=O) groups is 1. The minimum absolute atomic E-state index is 0.0187. The summed E-state index contributed by atoms with van der Waals surface area (Å²) < 4.78 is 11.4. The summed E-state index contributed by atoms with van der Waals surface area (Å²) in [6.07, 6.45) is 7.27. The van der Waals surface area contributed by atoms with E-state index in [-0.39, 0.29) is 41.5 Å². The first-order valence-electron chi connectivity index (χ1n) is 13.8. The van der Waals surface area contributed by atoms with Gasteiger partial charge in [0, 0.05) is 37.2 Å². The van der Waals surface area contributed by atoms with Crippen LogP contribution in [-0.2, 0) is 0 Å². The maximum Gasteiger partial charge on any atom is 0.321 e. The molecule has 2 N–H and O–H groups in total. The van der Waals surface area contributed by atoms with Gasteiger partial charge in [-0.2, -0.15) is 25.3 Å². The first kappa shape index (κ1) is 25.3. The largest absolute Gasteiger partial charge is 0.496 e. The van der Waals surface area contributed by atoms with Crippen molar-refractivity contribution in [3.63, 3.8) is 0 Å². The molecule has 2 saturated carbocycles. The van der Waals surface area contributed by atoms with Gasteiger partial charge in [-0.15, -0.1) is 0 Å². The fourth-order valence-corrected chi connectivity index (χ4v) is 5.63. The molecule has 4 heterocycles. The fourth-order valence-electron chi connectivity index (χ4n) is 5.63. The van der Waals surface area contributed by atoms with Gasteiger partial charge in [0.15, 0.2) is 5.65 Å². The van der Waals surface area contributed by atoms with Crippen molar-refractivity contribution in [1.82, 2.24) is 35.5 Å². The van der Waals surface area contributed by atoms with E-state index < -0.39 is 0 Å². The maximum atomic E-state index is 13.1. The number of ether oxygens (including phenoxy) is 2. The molecule has 2 atom stereocenters. The number of aromatic nitrogens is 6. The molecule has 2 aliphatic carbocycles. The van der Waals surface area contributed by atoms with Crippen molar-refractivity contribution in [3.05, 3.63) is 23.8 Å². The number of aromatic amines is 1. The highest BCUT2D eigenvalue weighted by Crippen LogP contribution is 2.38. The Morgan fingerprint density at radius 3 is 2.77 bits per heavy atom.